The number of thiazole rings is 1. The van der Waals surface area contributed by atoms with Gasteiger partial charge in [0, 0.05) is 11.6 Å². The lowest BCUT2D eigenvalue weighted by molar-refractivity contribution is -0.131. The SMILES string of the molecule is O=C(O)c1sc([C@@H]2CCCN2C(=O)Cc2ccc(Cl)cc2)nc1CCc1ccc(F)cc1. The third-order valence-corrected chi connectivity index (χ3v) is 7.04. The summed E-state index contributed by atoms with van der Waals surface area (Å²) in [4.78, 5) is 31.5. The number of rotatable bonds is 7. The van der Waals surface area contributed by atoms with Crippen molar-refractivity contribution in [2.24, 2.45) is 0 Å². The molecule has 0 aliphatic carbocycles. The van der Waals surface area contributed by atoms with Crippen LogP contribution >= 0.6 is 22.9 Å². The van der Waals surface area contributed by atoms with Gasteiger partial charge in [-0.15, -0.1) is 11.3 Å². The number of hydrogen-bond donors (Lipinski definition) is 1. The molecule has 1 aromatic heterocycles. The van der Waals surface area contributed by atoms with Gasteiger partial charge in [0.05, 0.1) is 18.2 Å². The smallest absolute Gasteiger partial charge is 0.347 e. The minimum absolute atomic E-state index is 0.00485. The van der Waals surface area contributed by atoms with Crippen LogP contribution in [0, 0.1) is 5.82 Å². The van der Waals surface area contributed by atoms with Crippen molar-refractivity contribution in [3.8, 4) is 0 Å². The first-order valence-electron chi connectivity index (χ1n) is 10.4. The van der Waals surface area contributed by atoms with Gasteiger partial charge in [-0.3, -0.25) is 4.79 Å². The molecule has 166 valence electrons. The molecule has 1 aliphatic rings. The van der Waals surface area contributed by atoms with Crippen molar-refractivity contribution in [2.45, 2.75) is 38.1 Å². The van der Waals surface area contributed by atoms with E-state index in [0.717, 1.165) is 35.3 Å². The number of carboxylic acid groups (broad SMARTS) is 1. The highest BCUT2D eigenvalue weighted by atomic mass is 35.5. The molecule has 32 heavy (non-hydrogen) atoms. The van der Waals surface area contributed by atoms with Gasteiger partial charge in [-0.25, -0.2) is 14.2 Å². The lowest BCUT2D eigenvalue weighted by Crippen LogP contribution is -2.31. The van der Waals surface area contributed by atoms with Crippen molar-refractivity contribution in [3.05, 3.63) is 86.1 Å². The molecule has 1 saturated heterocycles. The highest BCUT2D eigenvalue weighted by molar-refractivity contribution is 7.13. The summed E-state index contributed by atoms with van der Waals surface area (Å²) in [5, 5.41) is 11.0. The summed E-state index contributed by atoms with van der Waals surface area (Å²) in [6.07, 6.45) is 2.88. The number of aromatic nitrogens is 1. The van der Waals surface area contributed by atoms with E-state index in [1.165, 1.54) is 12.1 Å². The number of nitrogens with zero attached hydrogens (tertiary/aromatic N) is 2. The Labute approximate surface area is 194 Å². The maximum Gasteiger partial charge on any atom is 0.347 e. The topological polar surface area (TPSA) is 70.5 Å². The number of aryl methyl sites for hydroxylation is 2. The zero-order valence-corrected chi connectivity index (χ0v) is 18.8. The normalized spacial score (nSPS) is 15.8. The standard InChI is InChI=1S/C24H22ClFN2O3S/c25-17-8-3-16(4-9-17)14-21(29)28-13-1-2-20(28)23-27-19(22(32-23)24(30)31)12-7-15-5-10-18(26)11-6-15/h3-6,8-11,20H,1-2,7,12-14H2,(H,30,31)/t20-/m0/s1. The molecule has 5 nitrogen and oxygen atoms in total. The first-order chi connectivity index (χ1) is 15.4. The Kier molecular flexibility index (Phi) is 6.86. The van der Waals surface area contributed by atoms with Gasteiger partial charge in [-0.2, -0.15) is 0 Å². The molecule has 1 N–H and O–H groups in total. The third-order valence-electron chi connectivity index (χ3n) is 5.60. The van der Waals surface area contributed by atoms with Crippen molar-refractivity contribution in [3.63, 3.8) is 0 Å². The molecule has 0 spiro atoms. The number of amides is 1. The Balaban J connectivity index is 1.50. The number of aromatic carboxylic acids is 1. The molecule has 0 saturated carbocycles. The van der Waals surface area contributed by atoms with Crippen LogP contribution in [0.5, 0.6) is 0 Å². The van der Waals surface area contributed by atoms with E-state index in [-0.39, 0.29) is 29.1 Å². The van der Waals surface area contributed by atoms with Gasteiger partial charge < -0.3 is 10.0 Å². The lowest BCUT2D eigenvalue weighted by Gasteiger charge is -2.23. The van der Waals surface area contributed by atoms with E-state index >= 15 is 0 Å². The molecular weight excluding hydrogens is 451 g/mol. The van der Waals surface area contributed by atoms with Crippen LogP contribution in [0.4, 0.5) is 4.39 Å². The molecule has 0 bridgehead atoms. The van der Waals surface area contributed by atoms with Crippen molar-refractivity contribution in [1.82, 2.24) is 9.88 Å². The second kappa shape index (κ2) is 9.79. The number of likely N-dealkylation sites (tertiary alicyclic amines) is 1. The molecule has 1 amide bonds. The quantitative estimate of drug-likeness (QED) is 0.505. The van der Waals surface area contributed by atoms with Gasteiger partial charge in [0.15, 0.2) is 0 Å². The molecule has 3 aromatic rings. The van der Waals surface area contributed by atoms with E-state index in [1.807, 2.05) is 17.0 Å². The fraction of sp³-hybridized carbons (Fsp3) is 0.292. The fourth-order valence-electron chi connectivity index (χ4n) is 3.96. The zero-order chi connectivity index (χ0) is 22.7. The van der Waals surface area contributed by atoms with E-state index in [0.29, 0.717) is 35.1 Å². The number of carbonyl (C=O) groups excluding carboxylic acids is 1. The molecular formula is C24H22ClFN2O3S. The molecule has 0 radical (unpaired) electrons. The van der Waals surface area contributed by atoms with E-state index < -0.39 is 5.97 Å². The summed E-state index contributed by atoms with van der Waals surface area (Å²) in [5.74, 6) is -1.32. The Morgan fingerprint density at radius 3 is 2.47 bits per heavy atom. The fourth-order valence-corrected chi connectivity index (χ4v) is 5.19. The molecule has 2 aromatic carbocycles. The van der Waals surface area contributed by atoms with Crippen LogP contribution in [0.15, 0.2) is 48.5 Å². The van der Waals surface area contributed by atoms with E-state index in [4.69, 9.17) is 11.6 Å². The van der Waals surface area contributed by atoms with Gasteiger partial charge in [0.2, 0.25) is 5.91 Å². The predicted octanol–water partition coefficient (Wildman–Crippen LogP) is 5.33. The number of halogens is 2. The van der Waals surface area contributed by atoms with Crippen molar-refractivity contribution < 1.29 is 19.1 Å². The van der Waals surface area contributed by atoms with Crippen LogP contribution in [0.1, 0.15) is 50.4 Å². The summed E-state index contributed by atoms with van der Waals surface area (Å²) >= 11 is 7.08. The number of benzene rings is 2. The minimum atomic E-state index is -1.01. The van der Waals surface area contributed by atoms with Crippen molar-refractivity contribution >= 4 is 34.8 Å². The average molecular weight is 473 g/mol. The first-order valence-corrected chi connectivity index (χ1v) is 11.6. The van der Waals surface area contributed by atoms with Gasteiger partial charge >= 0.3 is 5.97 Å². The van der Waals surface area contributed by atoms with Crippen LogP contribution in [-0.2, 0) is 24.1 Å². The summed E-state index contributed by atoms with van der Waals surface area (Å²) in [6, 6.07) is 13.2. The van der Waals surface area contributed by atoms with Crippen LogP contribution in [-0.4, -0.2) is 33.4 Å². The van der Waals surface area contributed by atoms with Crippen LogP contribution in [0.3, 0.4) is 0 Å². The van der Waals surface area contributed by atoms with Crippen LogP contribution in [0.25, 0.3) is 0 Å². The van der Waals surface area contributed by atoms with E-state index in [1.54, 1.807) is 24.3 Å². The second-order valence-corrected chi connectivity index (χ2v) is 9.28. The maximum atomic E-state index is 13.1. The number of carboxylic acids is 1. The zero-order valence-electron chi connectivity index (χ0n) is 17.3. The molecule has 4 rings (SSSR count). The highest BCUT2D eigenvalue weighted by Gasteiger charge is 2.33. The molecule has 1 aliphatic heterocycles. The predicted molar refractivity (Wildman–Crippen MR) is 122 cm³/mol. The monoisotopic (exact) mass is 472 g/mol. The molecule has 0 unspecified atom stereocenters. The number of hydrogen-bond acceptors (Lipinski definition) is 4. The van der Waals surface area contributed by atoms with E-state index in [9.17, 15) is 19.1 Å². The van der Waals surface area contributed by atoms with Crippen LogP contribution in [0.2, 0.25) is 5.02 Å². The van der Waals surface area contributed by atoms with Gasteiger partial charge in [-0.1, -0.05) is 35.9 Å². The summed E-state index contributed by atoms with van der Waals surface area (Å²) in [7, 11) is 0. The molecule has 1 fully saturated rings. The van der Waals surface area contributed by atoms with Gasteiger partial charge in [0.1, 0.15) is 15.7 Å². The van der Waals surface area contributed by atoms with Crippen molar-refractivity contribution in [1.29, 1.82) is 0 Å². The Hall–Kier alpha value is -2.77. The maximum absolute atomic E-state index is 13.1. The van der Waals surface area contributed by atoms with Crippen LogP contribution < -0.4 is 0 Å². The second-order valence-electron chi connectivity index (χ2n) is 7.81. The molecule has 8 heteroatoms. The van der Waals surface area contributed by atoms with E-state index in [2.05, 4.69) is 4.98 Å². The third kappa shape index (κ3) is 5.16. The van der Waals surface area contributed by atoms with Gasteiger partial charge in [0.25, 0.3) is 0 Å². The molecule has 2 heterocycles. The van der Waals surface area contributed by atoms with Gasteiger partial charge in [-0.05, 0) is 61.1 Å². The Morgan fingerprint density at radius 2 is 1.78 bits per heavy atom. The highest BCUT2D eigenvalue weighted by Crippen LogP contribution is 2.36. The minimum Gasteiger partial charge on any atom is -0.477 e. The van der Waals surface area contributed by atoms with Crippen molar-refractivity contribution in [2.75, 3.05) is 6.54 Å². The number of carbonyl (C=O) groups is 2. The average Bonchev–Trinajstić information content (AvgIpc) is 3.42. The molecule has 1 atom stereocenters. The lowest BCUT2D eigenvalue weighted by atomic mass is 10.1. The summed E-state index contributed by atoms with van der Waals surface area (Å²) in [5.41, 5.74) is 2.31. The summed E-state index contributed by atoms with van der Waals surface area (Å²) in [6.45, 7) is 0.629. The Bertz CT molecular complexity index is 1120. The summed E-state index contributed by atoms with van der Waals surface area (Å²) < 4.78 is 13.1. The Morgan fingerprint density at radius 1 is 1.09 bits per heavy atom. The largest absolute Gasteiger partial charge is 0.477 e. The first kappa shape index (κ1) is 22.4.